The van der Waals surface area contributed by atoms with Gasteiger partial charge in [0.15, 0.2) is 5.78 Å². The van der Waals surface area contributed by atoms with Crippen molar-refractivity contribution in [2.75, 3.05) is 0 Å². The fraction of sp³-hybridized carbons (Fsp3) is 0.421. The molecule has 0 bridgehead atoms. The van der Waals surface area contributed by atoms with Crippen molar-refractivity contribution in [1.29, 1.82) is 0 Å². The SMILES string of the molecule is CC(C)(C)C1(C)C=CC(CC(=O)c2ccccc2)=CC1. The molecule has 1 heteroatoms. The Bertz CT molecular complexity index is 543. The molecule has 0 aliphatic heterocycles. The van der Waals surface area contributed by atoms with Crippen LogP contribution in [0.15, 0.2) is 54.1 Å². The molecule has 20 heavy (non-hydrogen) atoms. The van der Waals surface area contributed by atoms with Crippen molar-refractivity contribution >= 4 is 5.78 Å². The largest absolute Gasteiger partial charge is 0.294 e. The van der Waals surface area contributed by atoms with Crippen molar-refractivity contribution < 1.29 is 4.79 Å². The van der Waals surface area contributed by atoms with Crippen LogP contribution in [0.2, 0.25) is 0 Å². The Kier molecular flexibility index (Phi) is 3.99. The number of carbonyl (C=O) groups is 1. The lowest BCUT2D eigenvalue weighted by Crippen LogP contribution is -2.31. The van der Waals surface area contributed by atoms with Crippen molar-refractivity contribution in [3.63, 3.8) is 0 Å². The average molecular weight is 268 g/mol. The van der Waals surface area contributed by atoms with Gasteiger partial charge in [0.2, 0.25) is 0 Å². The maximum Gasteiger partial charge on any atom is 0.167 e. The van der Waals surface area contributed by atoms with Gasteiger partial charge in [-0.3, -0.25) is 4.79 Å². The van der Waals surface area contributed by atoms with E-state index >= 15 is 0 Å². The lowest BCUT2D eigenvalue weighted by Gasteiger charge is -2.41. The third-order valence-corrected chi connectivity index (χ3v) is 4.63. The van der Waals surface area contributed by atoms with Crippen molar-refractivity contribution in [3.05, 3.63) is 59.7 Å². The lowest BCUT2D eigenvalue weighted by atomic mass is 9.64. The van der Waals surface area contributed by atoms with Crippen molar-refractivity contribution in [3.8, 4) is 0 Å². The monoisotopic (exact) mass is 268 g/mol. The number of allylic oxidation sites excluding steroid dienone is 4. The summed E-state index contributed by atoms with van der Waals surface area (Å²) in [5.41, 5.74) is 2.34. The Morgan fingerprint density at radius 3 is 2.35 bits per heavy atom. The third-order valence-electron chi connectivity index (χ3n) is 4.63. The molecule has 1 aromatic rings. The molecule has 0 amide bonds. The minimum atomic E-state index is 0.173. The summed E-state index contributed by atoms with van der Waals surface area (Å²) < 4.78 is 0. The first-order valence-electron chi connectivity index (χ1n) is 7.28. The van der Waals surface area contributed by atoms with Crippen LogP contribution in [0.4, 0.5) is 0 Å². The Balaban J connectivity index is 2.05. The summed E-state index contributed by atoms with van der Waals surface area (Å²) in [6.45, 7) is 9.09. The summed E-state index contributed by atoms with van der Waals surface area (Å²) in [6.07, 6.45) is 8.15. The fourth-order valence-corrected chi connectivity index (χ4v) is 2.37. The highest BCUT2D eigenvalue weighted by atomic mass is 16.1. The van der Waals surface area contributed by atoms with Crippen LogP contribution in [-0.2, 0) is 0 Å². The predicted octanol–water partition coefficient (Wildman–Crippen LogP) is 5.20. The molecule has 0 saturated carbocycles. The average Bonchev–Trinajstić information content (AvgIpc) is 2.41. The van der Waals surface area contributed by atoms with E-state index in [1.54, 1.807) is 0 Å². The lowest BCUT2D eigenvalue weighted by molar-refractivity contribution is 0.0993. The Morgan fingerprint density at radius 1 is 1.20 bits per heavy atom. The molecule has 0 heterocycles. The first-order valence-corrected chi connectivity index (χ1v) is 7.28. The Labute approximate surface area is 122 Å². The van der Waals surface area contributed by atoms with Gasteiger partial charge in [-0.05, 0) is 22.8 Å². The molecule has 1 unspecified atom stereocenters. The number of ketones is 1. The first kappa shape index (κ1) is 14.8. The highest BCUT2D eigenvalue weighted by Crippen LogP contribution is 2.45. The molecule has 1 nitrogen and oxygen atoms in total. The van der Waals surface area contributed by atoms with Gasteiger partial charge in [0, 0.05) is 12.0 Å². The minimum Gasteiger partial charge on any atom is -0.294 e. The molecular formula is C19H24O. The number of carbonyl (C=O) groups excluding carboxylic acids is 1. The zero-order chi connectivity index (χ0) is 14.8. The second kappa shape index (κ2) is 5.40. The quantitative estimate of drug-likeness (QED) is 0.689. The van der Waals surface area contributed by atoms with Crippen molar-refractivity contribution in [1.82, 2.24) is 0 Å². The van der Waals surface area contributed by atoms with Crippen molar-refractivity contribution in [2.24, 2.45) is 10.8 Å². The summed E-state index contributed by atoms with van der Waals surface area (Å²) in [7, 11) is 0. The van der Waals surface area contributed by atoms with E-state index in [0.717, 1.165) is 17.6 Å². The minimum absolute atomic E-state index is 0.173. The number of Topliss-reactive ketones (excluding diaryl/α,β-unsaturated/α-hetero) is 1. The number of benzene rings is 1. The van der Waals surface area contributed by atoms with E-state index in [2.05, 4.69) is 45.9 Å². The third kappa shape index (κ3) is 3.09. The normalized spacial score (nSPS) is 22.5. The molecule has 0 N–H and O–H groups in total. The molecule has 0 spiro atoms. The van der Waals surface area contributed by atoms with E-state index in [9.17, 15) is 4.79 Å². The van der Waals surface area contributed by atoms with E-state index in [1.165, 1.54) is 0 Å². The van der Waals surface area contributed by atoms with Crippen LogP contribution in [0, 0.1) is 10.8 Å². The van der Waals surface area contributed by atoms with Gasteiger partial charge in [-0.25, -0.2) is 0 Å². The number of hydrogen-bond donors (Lipinski definition) is 0. The summed E-state index contributed by atoms with van der Waals surface area (Å²) in [4.78, 5) is 12.2. The summed E-state index contributed by atoms with van der Waals surface area (Å²) >= 11 is 0. The Morgan fingerprint density at radius 2 is 1.85 bits per heavy atom. The van der Waals surface area contributed by atoms with Gasteiger partial charge in [0.25, 0.3) is 0 Å². The molecule has 1 atom stereocenters. The summed E-state index contributed by atoms with van der Waals surface area (Å²) in [6, 6.07) is 9.53. The maximum absolute atomic E-state index is 12.2. The molecular weight excluding hydrogens is 244 g/mol. The second-order valence-electron chi connectivity index (χ2n) is 6.95. The zero-order valence-electron chi connectivity index (χ0n) is 12.9. The first-order chi connectivity index (χ1) is 9.32. The van der Waals surface area contributed by atoms with Gasteiger partial charge in [-0.1, -0.05) is 76.3 Å². The van der Waals surface area contributed by atoms with Gasteiger partial charge in [0.1, 0.15) is 0 Å². The standard InChI is InChI=1S/C19H24O/c1-18(2,3)19(4)12-10-15(11-13-19)14-17(20)16-8-6-5-7-9-16/h5-12H,13-14H2,1-4H3. The van der Waals surface area contributed by atoms with Crippen LogP contribution in [-0.4, -0.2) is 5.78 Å². The number of rotatable bonds is 3. The predicted molar refractivity (Wildman–Crippen MR) is 84.8 cm³/mol. The van der Waals surface area contributed by atoms with Gasteiger partial charge in [-0.2, -0.15) is 0 Å². The van der Waals surface area contributed by atoms with Crippen LogP contribution < -0.4 is 0 Å². The van der Waals surface area contributed by atoms with E-state index in [0.29, 0.717) is 6.42 Å². The van der Waals surface area contributed by atoms with Crippen LogP contribution in [0.3, 0.4) is 0 Å². The topological polar surface area (TPSA) is 17.1 Å². The summed E-state index contributed by atoms with van der Waals surface area (Å²) in [5.74, 6) is 0.195. The molecule has 1 aliphatic carbocycles. The van der Waals surface area contributed by atoms with E-state index < -0.39 is 0 Å². The zero-order valence-corrected chi connectivity index (χ0v) is 12.9. The molecule has 2 rings (SSSR count). The van der Waals surface area contributed by atoms with E-state index in [1.807, 2.05) is 30.3 Å². The van der Waals surface area contributed by atoms with Gasteiger partial charge in [0.05, 0.1) is 0 Å². The van der Waals surface area contributed by atoms with Crippen molar-refractivity contribution in [2.45, 2.75) is 40.5 Å². The maximum atomic E-state index is 12.2. The Hall–Kier alpha value is -1.63. The van der Waals surface area contributed by atoms with Gasteiger partial charge < -0.3 is 0 Å². The van der Waals surface area contributed by atoms with Gasteiger partial charge in [-0.15, -0.1) is 0 Å². The molecule has 0 saturated heterocycles. The number of hydrogen-bond acceptors (Lipinski definition) is 1. The second-order valence-corrected chi connectivity index (χ2v) is 6.95. The van der Waals surface area contributed by atoms with Crippen LogP contribution in [0.25, 0.3) is 0 Å². The van der Waals surface area contributed by atoms with Crippen LogP contribution >= 0.6 is 0 Å². The molecule has 106 valence electrons. The van der Waals surface area contributed by atoms with E-state index in [4.69, 9.17) is 0 Å². The molecule has 0 fully saturated rings. The summed E-state index contributed by atoms with van der Waals surface area (Å²) in [5, 5.41) is 0. The van der Waals surface area contributed by atoms with Gasteiger partial charge >= 0.3 is 0 Å². The molecule has 1 aliphatic rings. The van der Waals surface area contributed by atoms with E-state index in [-0.39, 0.29) is 16.6 Å². The molecule has 0 radical (unpaired) electrons. The smallest absolute Gasteiger partial charge is 0.167 e. The highest BCUT2D eigenvalue weighted by molar-refractivity contribution is 5.97. The molecule has 0 aromatic heterocycles. The van der Waals surface area contributed by atoms with Crippen LogP contribution in [0.5, 0.6) is 0 Å². The molecule has 1 aromatic carbocycles. The fourth-order valence-electron chi connectivity index (χ4n) is 2.37. The highest BCUT2D eigenvalue weighted by Gasteiger charge is 2.35. The van der Waals surface area contributed by atoms with Crippen LogP contribution in [0.1, 0.15) is 50.9 Å².